The molecule has 0 aromatic heterocycles. The number of halogens is 2. The van der Waals surface area contributed by atoms with Gasteiger partial charge in [-0.15, -0.1) is 24.8 Å². The van der Waals surface area contributed by atoms with E-state index in [4.69, 9.17) is 10.5 Å². The van der Waals surface area contributed by atoms with Gasteiger partial charge in [0.2, 0.25) is 5.91 Å². The number of piperazine rings is 1. The molecule has 22 heavy (non-hydrogen) atoms. The number of ether oxygens (including phenoxy) is 1. The van der Waals surface area contributed by atoms with Crippen LogP contribution in [0.2, 0.25) is 0 Å². The molecule has 132 valence electrons. The zero-order chi connectivity index (χ0) is 14.6. The van der Waals surface area contributed by atoms with Crippen LogP contribution in [0.15, 0.2) is 0 Å². The molecule has 2 rings (SSSR count). The Morgan fingerprint density at radius 2 is 1.86 bits per heavy atom. The van der Waals surface area contributed by atoms with E-state index < -0.39 is 0 Å². The number of amides is 1. The number of hydrogen-bond donors (Lipinski definition) is 1. The third-order valence-electron chi connectivity index (χ3n) is 4.93. The standard InChI is InChI=1S/C15H29N3O2.2ClH/c1-17-8-9-18(14(19)10-13(11-16)20-2)15(12-17)6-4-3-5-7-15;;/h13H,3-12,16H2,1-2H3;2*1H. The summed E-state index contributed by atoms with van der Waals surface area (Å²) in [5.41, 5.74) is 5.71. The van der Waals surface area contributed by atoms with Gasteiger partial charge in [-0.2, -0.15) is 0 Å². The molecule has 1 saturated heterocycles. The molecular weight excluding hydrogens is 325 g/mol. The van der Waals surface area contributed by atoms with Crippen LogP contribution in [-0.2, 0) is 9.53 Å². The molecule has 5 nitrogen and oxygen atoms in total. The molecule has 2 aliphatic rings. The van der Waals surface area contributed by atoms with E-state index in [0.717, 1.165) is 32.5 Å². The zero-order valence-corrected chi connectivity index (χ0v) is 15.4. The summed E-state index contributed by atoms with van der Waals surface area (Å²) in [5, 5.41) is 0. The van der Waals surface area contributed by atoms with Gasteiger partial charge in [0.25, 0.3) is 0 Å². The van der Waals surface area contributed by atoms with E-state index in [1.165, 1.54) is 19.3 Å². The normalized spacial score (nSPS) is 22.6. The zero-order valence-electron chi connectivity index (χ0n) is 13.8. The Morgan fingerprint density at radius 1 is 1.23 bits per heavy atom. The lowest BCUT2D eigenvalue weighted by atomic mass is 9.78. The second-order valence-corrected chi connectivity index (χ2v) is 6.37. The van der Waals surface area contributed by atoms with Crippen molar-refractivity contribution in [1.29, 1.82) is 0 Å². The first-order chi connectivity index (χ1) is 9.61. The van der Waals surface area contributed by atoms with Gasteiger partial charge in [-0.05, 0) is 19.9 Å². The largest absolute Gasteiger partial charge is 0.380 e. The number of nitrogens with two attached hydrogens (primary N) is 1. The van der Waals surface area contributed by atoms with Gasteiger partial charge in [-0.3, -0.25) is 4.79 Å². The second-order valence-electron chi connectivity index (χ2n) is 6.37. The average Bonchev–Trinajstić information content (AvgIpc) is 2.45. The van der Waals surface area contributed by atoms with Crippen molar-refractivity contribution in [2.45, 2.75) is 50.2 Å². The predicted molar refractivity (Wildman–Crippen MR) is 94.0 cm³/mol. The van der Waals surface area contributed by atoms with Crippen molar-refractivity contribution in [3.05, 3.63) is 0 Å². The Bertz CT molecular complexity index is 335. The molecule has 1 atom stereocenters. The molecular formula is C15H31Cl2N3O2. The van der Waals surface area contributed by atoms with Crippen LogP contribution in [0.4, 0.5) is 0 Å². The summed E-state index contributed by atoms with van der Waals surface area (Å²) in [6.45, 7) is 3.23. The van der Waals surface area contributed by atoms with Gasteiger partial charge in [0.15, 0.2) is 0 Å². The lowest BCUT2D eigenvalue weighted by Crippen LogP contribution is -2.64. The van der Waals surface area contributed by atoms with E-state index in [9.17, 15) is 4.79 Å². The molecule has 2 fully saturated rings. The molecule has 1 aliphatic heterocycles. The SMILES string of the molecule is COC(CN)CC(=O)N1CCN(C)CC12CCCCC2.Cl.Cl. The second kappa shape index (κ2) is 9.93. The van der Waals surface area contributed by atoms with E-state index in [-0.39, 0.29) is 42.4 Å². The lowest BCUT2D eigenvalue weighted by molar-refractivity contribution is -0.146. The van der Waals surface area contributed by atoms with Crippen LogP contribution in [0, 0.1) is 0 Å². The van der Waals surface area contributed by atoms with Gasteiger partial charge in [-0.1, -0.05) is 19.3 Å². The predicted octanol–water partition coefficient (Wildman–Crippen LogP) is 1.67. The highest BCUT2D eigenvalue weighted by Gasteiger charge is 2.43. The molecule has 7 heteroatoms. The van der Waals surface area contributed by atoms with Gasteiger partial charge in [0.1, 0.15) is 0 Å². The third-order valence-corrected chi connectivity index (χ3v) is 4.93. The Labute approximate surface area is 146 Å². The first-order valence-electron chi connectivity index (χ1n) is 7.83. The minimum Gasteiger partial charge on any atom is -0.380 e. The number of carbonyl (C=O) groups excluding carboxylic acids is 1. The van der Waals surface area contributed by atoms with Crippen molar-refractivity contribution in [1.82, 2.24) is 9.80 Å². The molecule has 1 unspecified atom stereocenters. The molecule has 2 N–H and O–H groups in total. The molecule has 0 aromatic carbocycles. The number of methoxy groups -OCH3 is 1. The molecule has 1 spiro atoms. The highest BCUT2D eigenvalue weighted by atomic mass is 35.5. The summed E-state index contributed by atoms with van der Waals surface area (Å²) in [6.07, 6.45) is 6.33. The molecule has 1 heterocycles. The minimum absolute atomic E-state index is 0. The fourth-order valence-electron chi connectivity index (χ4n) is 3.77. The van der Waals surface area contributed by atoms with E-state index in [2.05, 4.69) is 16.8 Å². The van der Waals surface area contributed by atoms with Crippen LogP contribution in [0.3, 0.4) is 0 Å². The molecule has 0 aromatic rings. The summed E-state index contributed by atoms with van der Waals surface area (Å²) in [5.74, 6) is 0.220. The number of likely N-dealkylation sites (N-methyl/N-ethyl adjacent to an activating group) is 1. The van der Waals surface area contributed by atoms with Crippen molar-refractivity contribution in [3.8, 4) is 0 Å². The highest BCUT2D eigenvalue weighted by molar-refractivity contribution is 5.85. The van der Waals surface area contributed by atoms with Gasteiger partial charge >= 0.3 is 0 Å². The summed E-state index contributed by atoms with van der Waals surface area (Å²) in [4.78, 5) is 17.2. The molecule has 1 amide bonds. The smallest absolute Gasteiger partial charge is 0.225 e. The Morgan fingerprint density at radius 3 is 2.41 bits per heavy atom. The van der Waals surface area contributed by atoms with Crippen LogP contribution in [0.1, 0.15) is 38.5 Å². The highest BCUT2D eigenvalue weighted by Crippen LogP contribution is 2.36. The fourth-order valence-corrected chi connectivity index (χ4v) is 3.77. The van der Waals surface area contributed by atoms with Gasteiger partial charge in [0, 0.05) is 33.3 Å². The van der Waals surface area contributed by atoms with Crippen LogP contribution in [0.5, 0.6) is 0 Å². The average molecular weight is 356 g/mol. The van der Waals surface area contributed by atoms with E-state index in [1.54, 1.807) is 7.11 Å². The first kappa shape index (κ1) is 21.9. The van der Waals surface area contributed by atoms with E-state index in [1.807, 2.05) is 0 Å². The Hall–Kier alpha value is -0.0700. The summed E-state index contributed by atoms with van der Waals surface area (Å²) in [7, 11) is 3.79. The van der Waals surface area contributed by atoms with Crippen LogP contribution < -0.4 is 5.73 Å². The van der Waals surface area contributed by atoms with Crippen molar-refractivity contribution in [3.63, 3.8) is 0 Å². The number of rotatable bonds is 4. The topological polar surface area (TPSA) is 58.8 Å². The summed E-state index contributed by atoms with van der Waals surface area (Å²) in [6, 6.07) is 0. The van der Waals surface area contributed by atoms with Gasteiger partial charge in [-0.25, -0.2) is 0 Å². The maximum absolute atomic E-state index is 12.7. The van der Waals surface area contributed by atoms with Crippen molar-refractivity contribution >= 4 is 30.7 Å². The van der Waals surface area contributed by atoms with Gasteiger partial charge < -0.3 is 20.3 Å². The summed E-state index contributed by atoms with van der Waals surface area (Å²) >= 11 is 0. The lowest BCUT2D eigenvalue weighted by Gasteiger charge is -2.52. The number of carbonyl (C=O) groups is 1. The first-order valence-corrected chi connectivity index (χ1v) is 7.83. The van der Waals surface area contributed by atoms with Crippen LogP contribution in [0.25, 0.3) is 0 Å². The molecule has 0 bridgehead atoms. The van der Waals surface area contributed by atoms with Crippen molar-refractivity contribution in [2.75, 3.05) is 40.3 Å². The third kappa shape index (κ3) is 4.96. The van der Waals surface area contributed by atoms with Crippen LogP contribution in [-0.4, -0.2) is 67.7 Å². The van der Waals surface area contributed by atoms with Crippen molar-refractivity contribution < 1.29 is 9.53 Å². The van der Waals surface area contributed by atoms with Gasteiger partial charge in [0.05, 0.1) is 18.1 Å². The van der Waals surface area contributed by atoms with Crippen molar-refractivity contribution in [2.24, 2.45) is 5.73 Å². The minimum atomic E-state index is -0.150. The summed E-state index contributed by atoms with van der Waals surface area (Å²) < 4.78 is 5.27. The number of nitrogens with zero attached hydrogens (tertiary/aromatic N) is 2. The molecule has 1 aliphatic carbocycles. The van der Waals surface area contributed by atoms with E-state index >= 15 is 0 Å². The fraction of sp³-hybridized carbons (Fsp3) is 0.933. The number of hydrogen-bond acceptors (Lipinski definition) is 4. The quantitative estimate of drug-likeness (QED) is 0.833. The Kier molecular flexibility index (Phi) is 9.90. The van der Waals surface area contributed by atoms with Crippen LogP contribution >= 0.6 is 24.8 Å². The molecule has 1 saturated carbocycles. The maximum atomic E-state index is 12.7. The monoisotopic (exact) mass is 355 g/mol. The Balaban J connectivity index is 0.00000220. The van der Waals surface area contributed by atoms with E-state index in [0.29, 0.717) is 13.0 Å². The maximum Gasteiger partial charge on any atom is 0.225 e. The molecule has 0 radical (unpaired) electrons.